The fraction of sp³-hybridized carbons (Fsp3) is 0.286. The highest BCUT2D eigenvalue weighted by molar-refractivity contribution is 6.36. The van der Waals surface area contributed by atoms with Gasteiger partial charge < -0.3 is 14.2 Å². The Balaban J connectivity index is 1.50. The molecule has 1 atom stereocenters. The van der Waals surface area contributed by atoms with E-state index < -0.39 is 0 Å². The van der Waals surface area contributed by atoms with Crippen LogP contribution in [0.4, 0.5) is 0 Å². The Morgan fingerprint density at radius 3 is 2.72 bits per heavy atom. The van der Waals surface area contributed by atoms with Gasteiger partial charge in [0.2, 0.25) is 11.7 Å². The monoisotopic (exact) mass is 431 g/mol. The van der Waals surface area contributed by atoms with E-state index in [9.17, 15) is 4.79 Å². The minimum atomic E-state index is -0.119. The van der Waals surface area contributed by atoms with Crippen LogP contribution in [-0.2, 0) is 0 Å². The third kappa shape index (κ3) is 4.23. The lowest BCUT2D eigenvalue weighted by Gasteiger charge is -2.31. The number of ether oxygens (including phenoxy) is 1. The Kier molecular flexibility index (Phi) is 5.74. The van der Waals surface area contributed by atoms with Gasteiger partial charge in [0.25, 0.3) is 5.91 Å². The molecular formula is C21H19Cl2N3O3. The summed E-state index contributed by atoms with van der Waals surface area (Å²) in [5.74, 6) is 1.69. The highest BCUT2D eigenvalue weighted by atomic mass is 35.5. The maximum absolute atomic E-state index is 12.9. The molecule has 0 aliphatic carbocycles. The number of hydrogen-bond acceptors (Lipinski definition) is 5. The van der Waals surface area contributed by atoms with Crippen molar-refractivity contribution in [2.75, 3.05) is 20.2 Å². The Morgan fingerprint density at radius 2 is 2.00 bits per heavy atom. The predicted molar refractivity (Wildman–Crippen MR) is 111 cm³/mol. The van der Waals surface area contributed by atoms with Gasteiger partial charge in [-0.15, -0.1) is 0 Å². The Morgan fingerprint density at radius 1 is 1.21 bits per heavy atom. The maximum Gasteiger partial charge on any atom is 0.255 e. The second-order valence-corrected chi connectivity index (χ2v) is 7.74. The average molecular weight is 432 g/mol. The van der Waals surface area contributed by atoms with Gasteiger partial charge in [-0.1, -0.05) is 28.4 Å². The Labute approximate surface area is 178 Å². The number of amides is 1. The average Bonchev–Trinajstić information content (AvgIpc) is 3.24. The van der Waals surface area contributed by atoms with Crippen molar-refractivity contribution in [1.29, 1.82) is 0 Å². The molecule has 1 unspecified atom stereocenters. The molecule has 2 aromatic carbocycles. The zero-order chi connectivity index (χ0) is 20.4. The molecule has 150 valence electrons. The third-order valence-corrected chi connectivity index (χ3v) is 5.56. The van der Waals surface area contributed by atoms with Crippen LogP contribution < -0.4 is 4.74 Å². The van der Waals surface area contributed by atoms with Gasteiger partial charge in [0.15, 0.2) is 0 Å². The first-order valence-corrected chi connectivity index (χ1v) is 10.0. The lowest BCUT2D eigenvalue weighted by Crippen LogP contribution is -2.39. The number of halogens is 2. The molecule has 0 spiro atoms. The SMILES string of the molecule is COc1ccc(-c2noc(C3CCCN(C(=O)c4ccc(Cl)cc4Cl)C3)n2)cc1. The van der Waals surface area contributed by atoms with Crippen LogP contribution in [-0.4, -0.2) is 41.1 Å². The molecule has 0 saturated carbocycles. The van der Waals surface area contributed by atoms with E-state index in [1.54, 1.807) is 30.2 Å². The molecule has 0 bridgehead atoms. The molecule has 29 heavy (non-hydrogen) atoms. The van der Waals surface area contributed by atoms with Crippen molar-refractivity contribution < 1.29 is 14.1 Å². The lowest BCUT2D eigenvalue weighted by atomic mass is 9.97. The molecule has 1 amide bonds. The summed E-state index contributed by atoms with van der Waals surface area (Å²) in [6, 6.07) is 12.4. The number of benzene rings is 2. The smallest absolute Gasteiger partial charge is 0.255 e. The first-order valence-electron chi connectivity index (χ1n) is 9.27. The number of carbonyl (C=O) groups is 1. The van der Waals surface area contributed by atoms with Crippen LogP contribution in [0.15, 0.2) is 47.0 Å². The van der Waals surface area contributed by atoms with Gasteiger partial charge in [0.05, 0.1) is 23.6 Å². The minimum Gasteiger partial charge on any atom is -0.497 e. The molecule has 1 fully saturated rings. The van der Waals surface area contributed by atoms with E-state index in [1.165, 1.54) is 0 Å². The Bertz CT molecular complexity index is 1020. The quantitative estimate of drug-likeness (QED) is 0.576. The number of hydrogen-bond donors (Lipinski definition) is 0. The molecular weight excluding hydrogens is 413 g/mol. The van der Waals surface area contributed by atoms with Crippen LogP contribution >= 0.6 is 23.2 Å². The number of rotatable bonds is 4. The van der Waals surface area contributed by atoms with Gasteiger partial charge in [0, 0.05) is 23.7 Å². The second kappa shape index (κ2) is 8.43. The fourth-order valence-corrected chi connectivity index (χ4v) is 3.94. The number of carbonyl (C=O) groups excluding carboxylic acids is 1. The molecule has 1 saturated heterocycles. The second-order valence-electron chi connectivity index (χ2n) is 6.90. The molecule has 1 aliphatic heterocycles. The number of methoxy groups -OCH3 is 1. The van der Waals surface area contributed by atoms with E-state index in [2.05, 4.69) is 10.1 Å². The molecule has 8 heteroatoms. The van der Waals surface area contributed by atoms with Gasteiger partial charge in [0.1, 0.15) is 5.75 Å². The van der Waals surface area contributed by atoms with E-state index in [4.69, 9.17) is 32.5 Å². The van der Waals surface area contributed by atoms with Crippen LogP contribution in [0.1, 0.15) is 35.0 Å². The van der Waals surface area contributed by atoms with Crippen molar-refractivity contribution in [3.8, 4) is 17.1 Å². The third-order valence-electron chi connectivity index (χ3n) is 5.01. The van der Waals surface area contributed by atoms with E-state index in [0.717, 1.165) is 24.2 Å². The summed E-state index contributed by atoms with van der Waals surface area (Å²) in [4.78, 5) is 19.2. The zero-order valence-electron chi connectivity index (χ0n) is 15.8. The fourth-order valence-electron chi connectivity index (χ4n) is 3.45. The lowest BCUT2D eigenvalue weighted by molar-refractivity contribution is 0.0696. The molecule has 3 aromatic rings. The van der Waals surface area contributed by atoms with E-state index in [-0.39, 0.29) is 11.8 Å². The molecule has 2 heterocycles. The van der Waals surface area contributed by atoms with Crippen molar-refractivity contribution in [2.24, 2.45) is 0 Å². The minimum absolute atomic E-state index is 0.0155. The van der Waals surface area contributed by atoms with Crippen molar-refractivity contribution >= 4 is 29.1 Å². The van der Waals surface area contributed by atoms with Crippen LogP contribution in [0, 0.1) is 0 Å². The summed E-state index contributed by atoms with van der Waals surface area (Å²) >= 11 is 12.1. The molecule has 6 nitrogen and oxygen atoms in total. The van der Waals surface area contributed by atoms with Gasteiger partial charge in [-0.3, -0.25) is 4.79 Å². The summed E-state index contributed by atoms with van der Waals surface area (Å²) in [6.07, 6.45) is 1.73. The largest absolute Gasteiger partial charge is 0.497 e. The van der Waals surface area contributed by atoms with Crippen LogP contribution in [0.5, 0.6) is 5.75 Å². The summed E-state index contributed by atoms with van der Waals surface area (Å²) in [5, 5.41) is 4.95. The van der Waals surface area contributed by atoms with Crippen molar-refractivity contribution in [1.82, 2.24) is 15.0 Å². The summed E-state index contributed by atoms with van der Waals surface area (Å²) in [5.41, 5.74) is 1.29. The first-order chi connectivity index (χ1) is 14.0. The van der Waals surface area contributed by atoms with Crippen LogP contribution in [0.25, 0.3) is 11.4 Å². The summed E-state index contributed by atoms with van der Waals surface area (Å²) in [7, 11) is 1.62. The summed E-state index contributed by atoms with van der Waals surface area (Å²) < 4.78 is 10.7. The van der Waals surface area contributed by atoms with Crippen LogP contribution in [0.3, 0.4) is 0 Å². The van der Waals surface area contributed by atoms with Gasteiger partial charge in [-0.2, -0.15) is 4.98 Å². The molecule has 1 aliphatic rings. The van der Waals surface area contributed by atoms with E-state index >= 15 is 0 Å². The van der Waals surface area contributed by atoms with E-state index in [0.29, 0.717) is 40.4 Å². The number of piperidine rings is 1. The van der Waals surface area contributed by atoms with Crippen molar-refractivity contribution in [2.45, 2.75) is 18.8 Å². The van der Waals surface area contributed by atoms with E-state index in [1.807, 2.05) is 24.3 Å². The zero-order valence-corrected chi connectivity index (χ0v) is 17.3. The number of likely N-dealkylation sites (tertiary alicyclic amines) is 1. The maximum atomic E-state index is 12.9. The standard InChI is InChI=1S/C21H19Cl2N3O3/c1-28-16-7-4-13(5-8-16)19-24-20(29-25-19)14-3-2-10-26(12-14)21(27)17-9-6-15(22)11-18(17)23/h4-9,11,14H,2-3,10,12H2,1H3. The summed E-state index contributed by atoms with van der Waals surface area (Å²) in [6.45, 7) is 1.16. The number of aromatic nitrogens is 2. The Hall–Kier alpha value is -2.57. The molecule has 1 aromatic heterocycles. The molecule has 0 N–H and O–H groups in total. The predicted octanol–water partition coefficient (Wildman–Crippen LogP) is 5.07. The normalized spacial score (nSPS) is 16.7. The number of nitrogens with zero attached hydrogens (tertiary/aromatic N) is 3. The highest BCUT2D eigenvalue weighted by Crippen LogP contribution is 2.30. The van der Waals surface area contributed by atoms with Gasteiger partial charge in [-0.25, -0.2) is 0 Å². The van der Waals surface area contributed by atoms with Gasteiger partial charge >= 0.3 is 0 Å². The van der Waals surface area contributed by atoms with Gasteiger partial charge in [-0.05, 0) is 55.3 Å². The highest BCUT2D eigenvalue weighted by Gasteiger charge is 2.30. The topological polar surface area (TPSA) is 68.5 Å². The van der Waals surface area contributed by atoms with Crippen LogP contribution in [0.2, 0.25) is 10.0 Å². The molecule has 4 rings (SSSR count). The molecule has 0 radical (unpaired) electrons. The first kappa shape index (κ1) is 19.7. The van der Waals surface area contributed by atoms with Crippen molar-refractivity contribution in [3.63, 3.8) is 0 Å². The van der Waals surface area contributed by atoms with Crippen molar-refractivity contribution in [3.05, 3.63) is 64.0 Å².